The summed E-state index contributed by atoms with van der Waals surface area (Å²) in [5.74, 6) is 0.177. The van der Waals surface area contributed by atoms with Crippen molar-refractivity contribution in [3.8, 4) is 0 Å². The van der Waals surface area contributed by atoms with Crippen LogP contribution >= 0.6 is 0 Å². The molecule has 2 aliphatic carbocycles. The number of aldehydes is 1. The summed E-state index contributed by atoms with van der Waals surface area (Å²) in [5, 5.41) is 3.19. The molecular weight excluding hydrogens is 238 g/mol. The molecule has 108 valence electrons. The van der Waals surface area contributed by atoms with Gasteiger partial charge in [-0.15, -0.1) is 0 Å². The summed E-state index contributed by atoms with van der Waals surface area (Å²) in [4.78, 5) is 23.2. The van der Waals surface area contributed by atoms with Gasteiger partial charge in [-0.3, -0.25) is 4.79 Å². The highest BCUT2D eigenvalue weighted by Crippen LogP contribution is 2.41. The minimum absolute atomic E-state index is 0.0290. The summed E-state index contributed by atoms with van der Waals surface area (Å²) in [7, 11) is 0. The van der Waals surface area contributed by atoms with Gasteiger partial charge in [0, 0.05) is 18.9 Å². The number of hydrogen-bond donors (Lipinski definition) is 1. The molecule has 3 heteroatoms. The standard InChI is InChI=1S/C16H27NO2/c18-12-11-16(9-5-2-6-10-16)13-15(19)17-14-7-3-1-4-8-14/h12,14H,1-11,13H2,(H,17,19). The lowest BCUT2D eigenvalue weighted by Gasteiger charge is -2.36. The Bertz CT molecular complexity index is 302. The fraction of sp³-hybridized carbons (Fsp3) is 0.875. The van der Waals surface area contributed by atoms with Crippen LogP contribution in [-0.2, 0) is 9.59 Å². The first kappa shape index (κ1) is 14.5. The second-order valence-electron chi connectivity index (χ2n) is 6.51. The molecule has 0 spiro atoms. The molecule has 0 aromatic heterocycles. The van der Waals surface area contributed by atoms with Crippen LogP contribution in [0.25, 0.3) is 0 Å². The summed E-state index contributed by atoms with van der Waals surface area (Å²) < 4.78 is 0. The van der Waals surface area contributed by atoms with Gasteiger partial charge < -0.3 is 10.1 Å². The highest BCUT2D eigenvalue weighted by molar-refractivity contribution is 5.77. The van der Waals surface area contributed by atoms with Crippen LogP contribution in [0.3, 0.4) is 0 Å². The van der Waals surface area contributed by atoms with Crippen LogP contribution in [0.1, 0.15) is 77.0 Å². The largest absolute Gasteiger partial charge is 0.353 e. The molecule has 2 rings (SSSR count). The SMILES string of the molecule is O=CCC1(CC(=O)NC2CCCCC2)CCCCC1. The molecule has 0 aromatic carbocycles. The Kier molecular flexibility index (Phi) is 5.41. The first-order chi connectivity index (χ1) is 9.24. The molecule has 0 atom stereocenters. The third kappa shape index (κ3) is 4.32. The van der Waals surface area contributed by atoms with Crippen molar-refractivity contribution in [1.29, 1.82) is 0 Å². The van der Waals surface area contributed by atoms with Crippen LogP contribution in [0, 0.1) is 5.41 Å². The van der Waals surface area contributed by atoms with E-state index in [9.17, 15) is 9.59 Å². The first-order valence-corrected chi connectivity index (χ1v) is 7.97. The van der Waals surface area contributed by atoms with Crippen molar-refractivity contribution in [3.63, 3.8) is 0 Å². The fourth-order valence-corrected chi connectivity index (χ4v) is 3.80. The smallest absolute Gasteiger partial charge is 0.220 e. The van der Waals surface area contributed by atoms with E-state index in [4.69, 9.17) is 0 Å². The number of amides is 1. The van der Waals surface area contributed by atoms with Gasteiger partial charge >= 0.3 is 0 Å². The normalized spacial score (nSPS) is 23.8. The third-order valence-electron chi connectivity index (χ3n) is 4.94. The minimum atomic E-state index is -0.0290. The maximum Gasteiger partial charge on any atom is 0.220 e. The Morgan fingerprint density at radius 3 is 2.32 bits per heavy atom. The zero-order valence-electron chi connectivity index (χ0n) is 12.0. The Hall–Kier alpha value is -0.860. The summed E-state index contributed by atoms with van der Waals surface area (Å²) in [6.45, 7) is 0. The van der Waals surface area contributed by atoms with Gasteiger partial charge in [0.1, 0.15) is 6.29 Å². The minimum Gasteiger partial charge on any atom is -0.353 e. The molecule has 1 N–H and O–H groups in total. The average molecular weight is 265 g/mol. The Labute approximate surface area is 116 Å². The molecule has 0 aliphatic heterocycles. The highest BCUT2D eigenvalue weighted by atomic mass is 16.1. The van der Waals surface area contributed by atoms with E-state index in [1.807, 2.05) is 0 Å². The van der Waals surface area contributed by atoms with Gasteiger partial charge in [-0.05, 0) is 31.1 Å². The van der Waals surface area contributed by atoms with Crippen LogP contribution in [0.2, 0.25) is 0 Å². The maximum absolute atomic E-state index is 12.2. The van der Waals surface area contributed by atoms with E-state index in [0.717, 1.165) is 32.0 Å². The van der Waals surface area contributed by atoms with Gasteiger partial charge in [-0.25, -0.2) is 0 Å². The zero-order chi connectivity index (χ0) is 13.6. The van der Waals surface area contributed by atoms with Gasteiger partial charge in [0.05, 0.1) is 0 Å². The van der Waals surface area contributed by atoms with Crippen LogP contribution in [0.4, 0.5) is 0 Å². The Morgan fingerprint density at radius 1 is 1.05 bits per heavy atom. The summed E-state index contributed by atoms with van der Waals surface area (Å²) in [5.41, 5.74) is -0.0290. The van der Waals surface area contributed by atoms with Crippen molar-refractivity contribution in [1.82, 2.24) is 5.32 Å². The predicted octanol–water partition coefficient (Wildman–Crippen LogP) is 3.36. The van der Waals surface area contributed by atoms with Crippen molar-refractivity contribution < 1.29 is 9.59 Å². The number of nitrogens with one attached hydrogen (secondary N) is 1. The molecule has 2 saturated carbocycles. The van der Waals surface area contributed by atoms with Crippen molar-refractivity contribution in [2.75, 3.05) is 0 Å². The molecule has 0 unspecified atom stereocenters. The Balaban J connectivity index is 1.85. The molecule has 2 aliphatic rings. The van der Waals surface area contributed by atoms with E-state index in [1.165, 1.54) is 38.5 Å². The number of hydrogen-bond acceptors (Lipinski definition) is 2. The molecule has 0 heterocycles. The van der Waals surface area contributed by atoms with Gasteiger partial charge in [0.25, 0.3) is 0 Å². The van der Waals surface area contributed by atoms with Crippen LogP contribution in [-0.4, -0.2) is 18.2 Å². The second-order valence-corrected chi connectivity index (χ2v) is 6.51. The lowest BCUT2D eigenvalue weighted by atomic mass is 9.70. The lowest BCUT2D eigenvalue weighted by molar-refractivity contribution is -0.125. The van der Waals surface area contributed by atoms with Crippen molar-refractivity contribution >= 4 is 12.2 Å². The van der Waals surface area contributed by atoms with Gasteiger partial charge in [-0.1, -0.05) is 38.5 Å². The van der Waals surface area contributed by atoms with Crippen LogP contribution < -0.4 is 5.32 Å². The lowest BCUT2D eigenvalue weighted by Crippen LogP contribution is -2.40. The van der Waals surface area contributed by atoms with Crippen molar-refractivity contribution in [2.45, 2.75) is 83.1 Å². The molecular formula is C16H27NO2. The summed E-state index contributed by atoms with van der Waals surface area (Å²) in [6.07, 6.45) is 13.9. The van der Waals surface area contributed by atoms with E-state index < -0.39 is 0 Å². The van der Waals surface area contributed by atoms with Crippen LogP contribution in [0.5, 0.6) is 0 Å². The average Bonchev–Trinajstić information content (AvgIpc) is 2.40. The predicted molar refractivity (Wildman–Crippen MR) is 75.8 cm³/mol. The summed E-state index contributed by atoms with van der Waals surface area (Å²) in [6, 6.07) is 0.387. The quantitative estimate of drug-likeness (QED) is 0.775. The number of rotatable bonds is 5. The first-order valence-electron chi connectivity index (χ1n) is 7.97. The van der Waals surface area contributed by atoms with Gasteiger partial charge in [0.15, 0.2) is 0 Å². The molecule has 19 heavy (non-hydrogen) atoms. The van der Waals surface area contributed by atoms with Gasteiger partial charge in [0.2, 0.25) is 5.91 Å². The van der Waals surface area contributed by atoms with Crippen molar-refractivity contribution in [2.24, 2.45) is 5.41 Å². The van der Waals surface area contributed by atoms with E-state index in [1.54, 1.807) is 0 Å². The zero-order valence-corrected chi connectivity index (χ0v) is 12.0. The highest BCUT2D eigenvalue weighted by Gasteiger charge is 2.34. The van der Waals surface area contributed by atoms with E-state index >= 15 is 0 Å². The number of carbonyl (C=O) groups is 2. The number of carbonyl (C=O) groups excluding carboxylic acids is 2. The van der Waals surface area contributed by atoms with Crippen LogP contribution in [0.15, 0.2) is 0 Å². The third-order valence-corrected chi connectivity index (χ3v) is 4.94. The van der Waals surface area contributed by atoms with Crippen molar-refractivity contribution in [3.05, 3.63) is 0 Å². The Morgan fingerprint density at radius 2 is 1.68 bits per heavy atom. The molecule has 0 radical (unpaired) electrons. The molecule has 2 fully saturated rings. The molecule has 0 saturated heterocycles. The van der Waals surface area contributed by atoms with E-state index in [-0.39, 0.29) is 11.3 Å². The second kappa shape index (κ2) is 7.06. The molecule has 0 aromatic rings. The molecule has 0 bridgehead atoms. The van der Waals surface area contributed by atoms with E-state index in [2.05, 4.69) is 5.32 Å². The fourth-order valence-electron chi connectivity index (χ4n) is 3.80. The van der Waals surface area contributed by atoms with E-state index in [0.29, 0.717) is 18.9 Å². The van der Waals surface area contributed by atoms with Gasteiger partial charge in [-0.2, -0.15) is 0 Å². The maximum atomic E-state index is 12.2. The topological polar surface area (TPSA) is 46.2 Å². The monoisotopic (exact) mass is 265 g/mol. The molecule has 1 amide bonds. The molecule has 3 nitrogen and oxygen atoms in total. The summed E-state index contributed by atoms with van der Waals surface area (Å²) >= 11 is 0.